The summed E-state index contributed by atoms with van der Waals surface area (Å²) in [4.78, 5) is 15.3. The average molecular weight is 440 g/mol. The van der Waals surface area contributed by atoms with Gasteiger partial charge in [-0.3, -0.25) is 9.69 Å². The SMILES string of the molecule is Cc1cccc(N2C(=O)/C(=C/c3cc(C(C)(C)C)c(O)c(C(C)(C)C)c3)SC2=S)c1. The lowest BCUT2D eigenvalue weighted by molar-refractivity contribution is -0.113. The molecule has 0 bridgehead atoms. The summed E-state index contributed by atoms with van der Waals surface area (Å²) in [6, 6.07) is 11.7. The molecule has 0 unspecified atom stereocenters. The molecule has 0 saturated carbocycles. The van der Waals surface area contributed by atoms with E-state index in [9.17, 15) is 9.90 Å². The first-order valence-corrected chi connectivity index (χ1v) is 11.2. The Morgan fingerprint density at radius 1 is 1.00 bits per heavy atom. The van der Waals surface area contributed by atoms with Gasteiger partial charge in [-0.15, -0.1) is 0 Å². The predicted molar refractivity (Wildman–Crippen MR) is 132 cm³/mol. The molecule has 1 saturated heterocycles. The maximum absolute atomic E-state index is 13.2. The summed E-state index contributed by atoms with van der Waals surface area (Å²) in [7, 11) is 0. The second-order valence-electron chi connectivity index (χ2n) is 9.82. The van der Waals surface area contributed by atoms with Gasteiger partial charge in [-0.25, -0.2) is 0 Å². The van der Waals surface area contributed by atoms with Gasteiger partial charge < -0.3 is 5.11 Å². The summed E-state index contributed by atoms with van der Waals surface area (Å²) in [5, 5.41) is 10.9. The van der Waals surface area contributed by atoms with E-state index in [4.69, 9.17) is 12.2 Å². The summed E-state index contributed by atoms with van der Waals surface area (Å²) in [5.41, 5.74) is 4.05. The van der Waals surface area contributed by atoms with Crippen LogP contribution in [0, 0.1) is 6.92 Å². The number of thiocarbonyl (C=S) groups is 1. The first kappa shape index (κ1) is 22.6. The summed E-state index contributed by atoms with van der Waals surface area (Å²) >= 11 is 6.83. The second-order valence-corrected chi connectivity index (χ2v) is 11.5. The number of aromatic hydroxyl groups is 1. The smallest absolute Gasteiger partial charge is 0.270 e. The molecule has 1 aliphatic rings. The Bertz CT molecular complexity index is 1020. The number of phenolic OH excluding ortho intramolecular Hbond substituents is 1. The highest BCUT2D eigenvalue weighted by Crippen LogP contribution is 2.42. The highest BCUT2D eigenvalue weighted by molar-refractivity contribution is 8.27. The summed E-state index contributed by atoms with van der Waals surface area (Å²) in [6.45, 7) is 14.5. The van der Waals surface area contributed by atoms with Crippen LogP contribution in [0.25, 0.3) is 6.08 Å². The molecule has 5 heteroatoms. The monoisotopic (exact) mass is 439 g/mol. The van der Waals surface area contributed by atoms with Crippen LogP contribution in [-0.2, 0) is 15.6 Å². The molecule has 2 aromatic carbocycles. The molecule has 3 rings (SSSR count). The van der Waals surface area contributed by atoms with Crippen LogP contribution in [0.3, 0.4) is 0 Å². The summed E-state index contributed by atoms with van der Waals surface area (Å²) in [5.74, 6) is 0.220. The fraction of sp³-hybridized carbons (Fsp3) is 0.360. The summed E-state index contributed by atoms with van der Waals surface area (Å²) in [6.07, 6.45) is 1.89. The van der Waals surface area contributed by atoms with Crippen molar-refractivity contribution in [2.45, 2.75) is 59.3 Å². The minimum atomic E-state index is -0.228. The highest BCUT2D eigenvalue weighted by Gasteiger charge is 2.34. The number of phenols is 1. The molecule has 3 nitrogen and oxygen atoms in total. The van der Waals surface area contributed by atoms with Crippen molar-refractivity contribution >= 4 is 46.0 Å². The molecule has 158 valence electrons. The van der Waals surface area contributed by atoms with Crippen molar-refractivity contribution in [3.63, 3.8) is 0 Å². The van der Waals surface area contributed by atoms with Crippen molar-refractivity contribution in [2.75, 3.05) is 4.90 Å². The van der Waals surface area contributed by atoms with Gasteiger partial charge in [0.05, 0.1) is 10.6 Å². The molecule has 1 fully saturated rings. The first-order chi connectivity index (χ1) is 13.8. The van der Waals surface area contributed by atoms with Crippen molar-refractivity contribution < 1.29 is 9.90 Å². The van der Waals surface area contributed by atoms with Gasteiger partial charge in [-0.2, -0.15) is 0 Å². The molecule has 1 N–H and O–H groups in total. The van der Waals surface area contributed by atoms with Crippen LogP contribution in [-0.4, -0.2) is 15.3 Å². The standard InChI is InChI=1S/C25H29NO2S2/c1-15-9-8-10-17(11-15)26-22(28)20(30-23(26)29)14-16-12-18(24(2,3)4)21(27)19(13-16)25(5,6)7/h8-14,27H,1-7H3/b20-14-. The van der Waals surface area contributed by atoms with Gasteiger partial charge in [-0.1, -0.05) is 77.7 Å². The Labute approximate surface area is 189 Å². The molecule has 0 radical (unpaired) electrons. The van der Waals surface area contributed by atoms with Crippen LogP contribution in [0.4, 0.5) is 5.69 Å². The van der Waals surface area contributed by atoms with Crippen molar-refractivity contribution in [2.24, 2.45) is 0 Å². The zero-order chi connectivity index (χ0) is 22.4. The van der Waals surface area contributed by atoms with Gasteiger partial charge in [0.2, 0.25) is 0 Å². The lowest BCUT2D eigenvalue weighted by Gasteiger charge is -2.28. The van der Waals surface area contributed by atoms with Crippen LogP contribution >= 0.6 is 24.0 Å². The van der Waals surface area contributed by atoms with E-state index in [-0.39, 0.29) is 16.7 Å². The maximum atomic E-state index is 13.2. The zero-order valence-electron chi connectivity index (χ0n) is 18.7. The Kier molecular flexibility index (Phi) is 5.91. The van der Waals surface area contributed by atoms with E-state index in [0.29, 0.717) is 15.0 Å². The molecule has 0 aromatic heterocycles. The molecule has 0 atom stereocenters. The minimum absolute atomic E-state index is 0.113. The molecule has 1 amide bonds. The van der Waals surface area contributed by atoms with Crippen LogP contribution in [0.15, 0.2) is 41.3 Å². The molecule has 30 heavy (non-hydrogen) atoms. The number of nitrogens with zero attached hydrogens (tertiary/aromatic N) is 1. The van der Waals surface area contributed by atoms with Crippen LogP contribution < -0.4 is 4.90 Å². The Morgan fingerprint density at radius 2 is 1.57 bits per heavy atom. The third-order valence-electron chi connectivity index (χ3n) is 5.10. The van der Waals surface area contributed by atoms with Gasteiger partial charge in [-0.05, 0) is 59.2 Å². The molecule has 0 aliphatic carbocycles. The molecule has 1 aliphatic heterocycles. The Hall–Kier alpha value is -2.11. The van der Waals surface area contributed by atoms with Crippen LogP contribution in [0.1, 0.15) is 63.8 Å². The van der Waals surface area contributed by atoms with Gasteiger partial charge in [0, 0.05) is 11.1 Å². The lowest BCUT2D eigenvalue weighted by Crippen LogP contribution is -2.27. The van der Waals surface area contributed by atoms with Gasteiger partial charge in [0.25, 0.3) is 5.91 Å². The first-order valence-electron chi connectivity index (χ1n) is 10.0. The van der Waals surface area contributed by atoms with Crippen LogP contribution in [0.2, 0.25) is 0 Å². The number of amides is 1. The summed E-state index contributed by atoms with van der Waals surface area (Å²) < 4.78 is 0.530. The van der Waals surface area contributed by atoms with E-state index in [2.05, 4.69) is 41.5 Å². The van der Waals surface area contributed by atoms with E-state index >= 15 is 0 Å². The average Bonchev–Trinajstić information content (AvgIpc) is 2.87. The number of hydrogen-bond acceptors (Lipinski definition) is 4. The zero-order valence-corrected chi connectivity index (χ0v) is 20.3. The molecular weight excluding hydrogens is 410 g/mol. The van der Waals surface area contributed by atoms with E-state index in [1.807, 2.05) is 49.4 Å². The second kappa shape index (κ2) is 7.86. The van der Waals surface area contributed by atoms with E-state index < -0.39 is 0 Å². The number of hydrogen-bond donors (Lipinski definition) is 1. The minimum Gasteiger partial charge on any atom is -0.507 e. The third kappa shape index (κ3) is 4.47. The normalized spacial score (nSPS) is 16.6. The number of carbonyl (C=O) groups excluding carboxylic acids is 1. The maximum Gasteiger partial charge on any atom is 0.270 e. The molecule has 2 aromatic rings. The van der Waals surface area contributed by atoms with Crippen molar-refractivity contribution in [3.05, 3.63) is 63.6 Å². The number of benzene rings is 2. The van der Waals surface area contributed by atoms with Crippen molar-refractivity contribution in [1.82, 2.24) is 0 Å². The fourth-order valence-electron chi connectivity index (χ4n) is 3.49. The molecule has 0 spiro atoms. The van der Waals surface area contributed by atoms with Crippen molar-refractivity contribution in [3.8, 4) is 5.75 Å². The van der Waals surface area contributed by atoms with Gasteiger partial charge in [0.1, 0.15) is 5.75 Å². The number of thioether (sulfide) groups is 1. The number of aryl methyl sites for hydroxylation is 1. The topological polar surface area (TPSA) is 40.5 Å². The quantitative estimate of drug-likeness (QED) is 0.417. The number of anilines is 1. The van der Waals surface area contributed by atoms with Gasteiger partial charge >= 0.3 is 0 Å². The van der Waals surface area contributed by atoms with Crippen molar-refractivity contribution in [1.29, 1.82) is 0 Å². The third-order valence-corrected chi connectivity index (χ3v) is 6.40. The van der Waals surface area contributed by atoms with Gasteiger partial charge in [0.15, 0.2) is 4.32 Å². The number of rotatable bonds is 2. The predicted octanol–water partition coefficient (Wildman–Crippen LogP) is 6.70. The molecule has 1 heterocycles. The van der Waals surface area contributed by atoms with E-state index in [1.165, 1.54) is 11.8 Å². The lowest BCUT2D eigenvalue weighted by atomic mass is 9.78. The molecular formula is C25H29NO2S2. The van der Waals surface area contributed by atoms with E-state index in [1.54, 1.807) is 4.90 Å². The highest BCUT2D eigenvalue weighted by atomic mass is 32.2. The van der Waals surface area contributed by atoms with E-state index in [0.717, 1.165) is 27.9 Å². The number of carbonyl (C=O) groups is 1. The largest absolute Gasteiger partial charge is 0.507 e. The fourth-order valence-corrected chi connectivity index (χ4v) is 4.79. The Morgan fingerprint density at radius 3 is 2.07 bits per heavy atom. The Balaban J connectivity index is 2.09. The van der Waals surface area contributed by atoms with Crippen LogP contribution in [0.5, 0.6) is 5.75 Å².